The first-order chi connectivity index (χ1) is 14.2. The standard InChI is InChI=1S/C25H24N2O2/c1-18(21-14-13-19-8-5-6-11-22(19)16-21)27-24(28)17-26-25(23-12-7-15-29-23)20-9-3-2-4-10-20/h2-16,18,25-26H,17H2,1H3,(H,27,28)/t18-,25-/m0/s1. The topological polar surface area (TPSA) is 54.3 Å². The molecule has 0 aliphatic heterocycles. The Bertz CT molecular complexity index is 1070. The molecule has 1 amide bonds. The molecule has 29 heavy (non-hydrogen) atoms. The quantitative estimate of drug-likeness (QED) is 0.472. The van der Waals surface area contributed by atoms with Crippen LogP contribution in [0.4, 0.5) is 0 Å². The molecule has 0 spiro atoms. The molecule has 146 valence electrons. The molecule has 0 radical (unpaired) electrons. The van der Waals surface area contributed by atoms with Gasteiger partial charge in [0.2, 0.25) is 5.91 Å². The summed E-state index contributed by atoms with van der Waals surface area (Å²) in [4.78, 5) is 12.6. The van der Waals surface area contributed by atoms with E-state index in [1.54, 1.807) is 6.26 Å². The average molecular weight is 384 g/mol. The van der Waals surface area contributed by atoms with Gasteiger partial charge in [-0.3, -0.25) is 10.1 Å². The number of nitrogens with one attached hydrogen (secondary N) is 2. The van der Waals surface area contributed by atoms with E-state index >= 15 is 0 Å². The summed E-state index contributed by atoms with van der Waals surface area (Å²) in [5, 5.41) is 8.77. The maximum Gasteiger partial charge on any atom is 0.234 e. The molecule has 0 saturated heterocycles. The third-order valence-electron chi connectivity index (χ3n) is 5.08. The maximum atomic E-state index is 12.6. The fraction of sp³-hybridized carbons (Fsp3) is 0.160. The van der Waals surface area contributed by atoms with Crippen LogP contribution in [-0.4, -0.2) is 12.5 Å². The van der Waals surface area contributed by atoms with E-state index in [1.165, 1.54) is 10.8 Å². The van der Waals surface area contributed by atoms with Crippen LogP contribution < -0.4 is 10.6 Å². The first-order valence-corrected chi connectivity index (χ1v) is 9.80. The van der Waals surface area contributed by atoms with Gasteiger partial charge in [-0.25, -0.2) is 0 Å². The Morgan fingerprint density at radius 3 is 2.38 bits per heavy atom. The van der Waals surface area contributed by atoms with Crippen LogP contribution in [0, 0.1) is 0 Å². The zero-order valence-corrected chi connectivity index (χ0v) is 16.3. The number of hydrogen-bond acceptors (Lipinski definition) is 3. The summed E-state index contributed by atoms with van der Waals surface area (Å²) in [5.74, 6) is 0.727. The lowest BCUT2D eigenvalue weighted by Gasteiger charge is -2.19. The number of benzene rings is 3. The molecule has 0 fully saturated rings. The molecule has 1 aromatic heterocycles. The number of fused-ring (bicyclic) bond motifs is 1. The smallest absolute Gasteiger partial charge is 0.234 e. The summed E-state index contributed by atoms with van der Waals surface area (Å²) in [5.41, 5.74) is 2.14. The van der Waals surface area contributed by atoms with Gasteiger partial charge in [0.1, 0.15) is 5.76 Å². The molecule has 2 N–H and O–H groups in total. The molecule has 4 heteroatoms. The lowest BCUT2D eigenvalue weighted by atomic mass is 10.0. The van der Waals surface area contributed by atoms with Crippen LogP contribution in [0.3, 0.4) is 0 Å². The molecular formula is C25H24N2O2. The molecule has 0 aliphatic carbocycles. The Kier molecular flexibility index (Phi) is 5.73. The molecule has 3 aromatic carbocycles. The van der Waals surface area contributed by atoms with E-state index in [-0.39, 0.29) is 24.5 Å². The minimum absolute atomic E-state index is 0.0573. The molecule has 0 unspecified atom stereocenters. The van der Waals surface area contributed by atoms with Gasteiger partial charge in [-0.2, -0.15) is 0 Å². The van der Waals surface area contributed by atoms with E-state index in [0.29, 0.717) is 0 Å². The fourth-order valence-electron chi connectivity index (χ4n) is 3.53. The van der Waals surface area contributed by atoms with Crippen LogP contribution in [0.5, 0.6) is 0 Å². The molecule has 2 atom stereocenters. The van der Waals surface area contributed by atoms with Crippen LogP contribution in [0.15, 0.2) is 95.6 Å². The van der Waals surface area contributed by atoms with Crippen molar-refractivity contribution in [2.75, 3.05) is 6.54 Å². The lowest BCUT2D eigenvalue weighted by Crippen LogP contribution is -2.37. The highest BCUT2D eigenvalue weighted by molar-refractivity contribution is 5.83. The van der Waals surface area contributed by atoms with Gasteiger partial charge >= 0.3 is 0 Å². The molecule has 0 aliphatic rings. The summed E-state index contributed by atoms with van der Waals surface area (Å²) < 4.78 is 5.58. The monoisotopic (exact) mass is 384 g/mol. The zero-order valence-electron chi connectivity index (χ0n) is 16.3. The van der Waals surface area contributed by atoms with Crippen LogP contribution in [-0.2, 0) is 4.79 Å². The Hall–Kier alpha value is -3.37. The van der Waals surface area contributed by atoms with Gasteiger partial charge in [-0.1, -0.05) is 66.7 Å². The van der Waals surface area contributed by atoms with Crippen molar-refractivity contribution >= 4 is 16.7 Å². The van der Waals surface area contributed by atoms with Crippen molar-refractivity contribution in [3.05, 3.63) is 108 Å². The molecule has 4 nitrogen and oxygen atoms in total. The number of amides is 1. The normalized spacial score (nSPS) is 13.1. The van der Waals surface area contributed by atoms with Gasteiger partial charge in [0, 0.05) is 0 Å². The third-order valence-corrected chi connectivity index (χ3v) is 5.08. The van der Waals surface area contributed by atoms with E-state index in [2.05, 4.69) is 41.0 Å². The Morgan fingerprint density at radius 1 is 0.862 bits per heavy atom. The number of carbonyl (C=O) groups excluding carboxylic acids is 1. The Morgan fingerprint density at radius 2 is 1.62 bits per heavy atom. The second kappa shape index (κ2) is 8.76. The molecule has 0 bridgehead atoms. The molecular weight excluding hydrogens is 360 g/mol. The van der Waals surface area contributed by atoms with E-state index in [1.807, 2.05) is 61.5 Å². The van der Waals surface area contributed by atoms with Crippen LogP contribution in [0.25, 0.3) is 10.8 Å². The summed E-state index contributed by atoms with van der Waals surface area (Å²) in [6.07, 6.45) is 1.65. The average Bonchev–Trinajstić information content (AvgIpc) is 3.29. The van der Waals surface area contributed by atoms with Gasteiger partial charge in [-0.05, 0) is 47.0 Å². The largest absolute Gasteiger partial charge is 0.467 e. The number of rotatable bonds is 7. The van der Waals surface area contributed by atoms with E-state index in [0.717, 1.165) is 16.9 Å². The summed E-state index contributed by atoms with van der Waals surface area (Å²) in [6, 6.07) is 28.0. The summed E-state index contributed by atoms with van der Waals surface area (Å²) >= 11 is 0. The van der Waals surface area contributed by atoms with Crippen LogP contribution in [0.2, 0.25) is 0 Å². The van der Waals surface area contributed by atoms with Crippen molar-refractivity contribution in [3.8, 4) is 0 Å². The Balaban J connectivity index is 1.41. The highest BCUT2D eigenvalue weighted by Gasteiger charge is 2.18. The highest BCUT2D eigenvalue weighted by Crippen LogP contribution is 2.22. The SMILES string of the molecule is C[C@H](NC(=O)CN[C@@H](c1ccccc1)c1ccco1)c1ccc2ccccc2c1. The van der Waals surface area contributed by atoms with Crippen LogP contribution >= 0.6 is 0 Å². The molecule has 4 rings (SSSR count). The van der Waals surface area contributed by atoms with Gasteiger partial charge in [-0.15, -0.1) is 0 Å². The van der Waals surface area contributed by atoms with E-state index in [4.69, 9.17) is 4.42 Å². The molecule has 0 saturated carbocycles. The zero-order chi connectivity index (χ0) is 20.1. The van der Waals surface area contributed by atoms with Crippen LogP contribution in [0.1, 0.15) is 35.9 Å². The first-order valence-electron chi connectivity index (χ1n) is 9.80. The Labute approximate surface area is 170 Å². The highest BCUT2D eigenvalue weighted by atomic mass is 16.3. The fourth-order valence-corrected chi connectivity index (χ4v) is 3.53. The lowest BCUT2D eigenvalue weighted by molar-refractivity contribution is -0.121. The van der Waals surface area contributed by atoms with Gasteiger partial charge < -0.3 is 9.73 Å². The van der Waals surface area contributed by atoms with Gasteiger partial charge in [0.15, 0.2) is 0 Å². The van der Waals surface area contributed by atoms with Crippen molar-refractivity contribution < 1.29 is 9.21 Å². The van der Waals surface area contributed by atoms with Crippen molar-refractivity contribution in [3.63, 3.8) is 0 Å². The number of hydrogen-bond donors (Lipinski definition) is 2. The second-order valence-electron chi connectivity index (χ2n) is 7.14. The predicted octanol–water partition coefficient (Wildman–Crippen LogP) is 4.99. The van der Waals surface area contributed by atoms with Crippen molar-refractivity contribution in [1.82, 2.24) is 10.6 Å². The van der Waals surface area contributed by atoms with Gasteiger partial charge in [0.05, 0.1) is 24.9 Å². The molecule has 1 heterocycles. The second-order valence-corrected chi connectivity index (χ2v) is 7.14. The minimum Gasteiger partial charge on any atom is -0.467 e. The number of carbonyl (C=O) groups is 1. The van der Waals surface area contributed by atoms with E-state index < -0.39 is 0 Å². The maximum absolute atomic E-state index is 12.6. The number of furan rings is 1. The van der Waals surface area contributed by atoms with Gasteiger partial charge in [0.25, 0.3) is 0 Å². The third kappa shape index (κ3) is 4.55. The predicted molar refractivity (Wildman–Crippen MR) is 116 cm³/mol. The summed E-state index contributed by atoms with van der Waals surface area (Å²) in [7, 11) is 0. The van der Waals surface area contributed by atoms with Crippen molar-refractivity contribution in [2.24, 2.45) is 0 Å². The minimum atomic E-state index is -0.173. The van der Waals surface area contributed by atoms with E-state index in [9.17, 15) is 4.79 Å². The van der Waals surface area contributed by atoms with Crippen molar-refractivity contribution in [2.45, 2.75) is 19.0 Å². The first kappa shape index (κ1) is 19.0. The van der Waals surface area contributed by atoms with Crippen molar-refractivity contribution in [1.29, 1.82) is 0 Å². The molecule has 4 aromatic rings. The summed E-state index contributed by atoms with van der Waals surface area (Å²) in [6.45, 7) is 2.20.